The van der Waals surface area contributed by atoms with Crippen LogP contribution >= 0.6 is 0 Å². The lowest BCUT2D eigenvalue weighted by Gasteiger charge is -2.34. The van der Waals surface area contributed by atoms with Crippen LogP contribution in [0.4, 0.5) is 8.78 Å². The molecule has 1 aliphatic rings. The fourth-order valence-electron chi connectivity index (χ4n) is 2.86. The van der Waals surface area contributed by atoms with Crippen molar-refractivity contribution in [3.8, 4) is 0 Å². The Hall–Kier alpha value is -2.02. The summed E-state index contributed by atoms with van der Waals surface area (Å²) in [4.78, 5) is 25.1. The van der Waals surface area contributed by atoms with E-state index in [0.29, 0.717) is 6.42 Å². The van der Waals surface area contributed by atoms with Gasteiger partial charge in [0.2, 0.25) is 5.91 Å². The molecule has 1 heterocycles. The van der Waals surface area contributed by atoms with Crippen LogP contribution < -0.4 is 0 Å². The first-order valence-electron chi connectivity index (χ1n) is 6.88. The number of benzene rings is 1. The van der Waals surface area contributed by atoms with Gasteiger partial charge in [0.1, 0.15) is 11.6 Å². The molecule has 1 saturated heterocycles. The lowest BCUT2D eigenvalue weighted by molar-refractivity contribution is -0.160. The summed E-state index contributed by atoms with van der Waals surface area (Å²) in [7, 11) is 1.35. The van der Waals surface area contributed by atoms with Crippen LogP contribution in [0.5, 0.6) is 0 Å². The molecule has 22 heavy (non-hydrogen) atoms. The molecule has 5 nitrogen and oxygen atoms in total. The highest BCUT2D eigenvalue weighted by Crippen LogP contribution is 2.31. The molecule has 0 bridgehead atoms. The molecule has 1 unspecified atom stereocenters. The maximum atomic E-state index is 13.6. The summed E-state index contributed by atoms with van der Waals surface area (Å²) >= 11 is 0. The Labute approximate surface area is 126 Å². The van der Waals surface area contributed by atoms with Gasteiger partial charge in [0.25, 0.3) is 0 Å². The van der Waals surface area contributed by atoms with E-state index in [1.165, 1.54) is 13.2 Å². The van der Waals surface area contributed by atoms with Gasteiger partial charge in [-0.3, -0.25) is 4.79 Å². The number of carbonyl (C=O) groups excluding carboxylic acids is 1. The largest absolute Gasteiger partial charge is 0.479 e. The summed E-state index contributed by atoms with van der Waals surface area (Å²) in [6.07, 6.45) is 0.236. The van der Waals surface area contributed by atoms with E-state index in [1.807, 2.05) is 0 Å². The highest BCUT2D eigenvalue weighted by atomic mass is 19.1. The number of carboxylic acids is 1. The van der Waals surface area contributed by atoms with Crippen molar-refractivity contribution in [3.05, 3.63) is 35.4 Å². The summed E-state index contributed by atoms with van der Waals surface area (Å²) in [6, 6.07) is 3.34. The summed E-state index contributed by atoms with van der Waals surface area (Å²) in [6.45, 7) is 0.0678. The Morgan fingerprint density at radius 1 is 1.36 bits per heavy atom. The van der Waals surface area contributed by atoms with Gasteiger partial charge in [-0.15, -0.1) is 0 Å². The van der Waals surface area contributed by atoms with Crippen molar-refractivity contribution in [3.63, 3.8) is 0 Å². The summed E-state index contributed by atoms with van der Waals surface area (Å²) in [5, 5.41) is 9.47. The molecule has 1 fully saturated rings. The third-order valence-electron chi connectivity index (χ3n) is 3.96. The lowest BCUT2D eigenvalue weighted by atomic mass is 9.96. The summed E-state index contributed by atoms with van der Waals surface area (Å²) < 4.78 is 32.2. The van der Waals surface area contributed by atoms with Gasteiger partial charge in [-0.1, -0.05) is 6.07 Å². The van der Waals surface area contributed by atoms with Crippen LogP contribution in [0.15, 0.2) is 18.2 Å². The number of aliphatic carboxylic acids is 1. The normalized spacial score (nSPS) is 21.1. The van der Waals surface area contributed by atoms with Gasteiger partial charge < -0.3 is 14.7 Å². The van der Waals surface area contributed by atoms with Gasteiger partial charge in [0.05, 0.1) is 13.0 Å². The average Bonchev–Trinajstić information content (AvgIpc) is 2.88. The van der Waals surface area contributed by atoms with E-state index >= 15 is 0 Å². The second-order valence-electron chi connectivity index (χ2n) is 5.30. The minimum Gasteiger partial charge on any atom is -0.479 e. The Kier molecular flexibility index (Phi) is 4.75. The first-order valence-corrected chi connectivity index (χ1v) is 6.88. The minimum atomic E-state index is -1.46. The Morgan fingerprint density at radius 2 is 2.00 bits per heavy atom. The molecule has 0 aliphatic carbocycles. The summed E-state index contributed by atoms with van der Waals surface area (Å²) in [5.74, 6) is -3.43. The molecule has 1 aromatic rings. The predicted octanol–water partition coefficient (Wildman–Crippen LogP) is 1.60. The van der Waals surface area contributed by atoms with Crippen LogP contribution in [-0.4, -0.2) is 47.7 Å². The van der Waals surface area contributed by atoms with Gasteiger partial charge in [-0.25, -0.2) is 13.6 Å². The minimum absolute atomic E-state index is 0.159. The third-order valence-corrected chi connectivity index (χ3v) is 3.96. The van der Waals surface area contributed by atoms with E-state index in [1.54, 1.807) is 0 Å². The molecule has 2 rings (SSSR count). The molecule has 1 aliphatic heterocycles. The third kappa shape index (κ3) is 2.81. The van der Waals surface area contributed by atoms with Gasteiger partial charge in [0.15, 0.2) is 5.54 Å². The van der Waals surface area contributed by atoms with E-state index in [9.17, 15) is 23.5 Å². The molecule has 0 aromatic heterocycles. The zero-order valence-electron chi connectivity index (χ0n) is 12.1. The fourth-order valence-corrected chi connectivity index (χ4v) is 2.86. The zero-order valence-corrected chi connectivity index (χ0v) is 12.1. The number of amides is 1. The lowest BCUT2D eigenvalue weighted by Crippen LogP contribution is -2.56. The quantitative estimate of drug-likeness (QED) is 0.896. The molecule has 0 spiro atoms. The molecule has 1 aromatic carbocycles. The number of likely N-dealkylation sites (tertiary alicyclic amines) is 1. The molecule has 120 valence electrons. The highest BCUT2D eigenvalue weighted by molar-refractivity contribution is 5.89. The van der Waals surface area contributed by atoms with Gasteiger partial charge in [0, 0.05) is 19.2 Å². The monoisotopic (exact) mass is 313 g/mol. The molecule has 7 heteroatoms. The standard InChI is InChI=1S/C15H17F2NO4/c1-22-9-15(14(20)21)6-3-7-18(15)13(19)8-10-11(16)4-2-5-12(10)17/h2,4-5H,3,6-9H2,1H3,(H,20,21). The van der Waals surface area contributed by atoms with E-state index in [-0.39, 0.29) is 25.1 Å². The van der Waals surface area contributed by atoms with Crippen molar-refractivity contribution in [2.24, 2.45) is 0 Å². The number of rotatable bonds is 5. The number of hydrogen-bond donors (Lipinski definition) is 1. The van der Waals surface area contributed by atoms with Gasteiger partial charge in [-0.2, -0.15) is 0 Å². The number of ether oxygens (including phenoxy) is 1. The first kappa shape index (κ1) is 16.4. The molecular weight excluding hydrogens is 296 g/mol. The maximum Gasteiger partial charge on any atom is 0.332 e. The van der Waals surface area contributed by atoms with Gasteiger partial charge >= 0.3 is 5.97 Å². The number of hydrogen-bond acceptors (Lipinski definition) is 3. The number of methoxy groups -OCH3 is 1. The van der Waals surface area contributed by atoms with Crippen LogP contribution in [0.3, 0.4) is 0 Å². The molecule has 0 saturated carbocycles. The maximum absolute atomic E-state index is 13.6. The molecule has 1 atom stereocenters. The van der Waals surface area contributed by atoms with Crippen LogP contribution in [0, 0.1) is 11.6 Å². The highest BCUT2D eigenvalue weighted by Gasteiger charge is 2.50. The summed E-state index contributed by atoms with van der Waals surface area (Å²) in [5.41, 5.74) is -1.82. The number of carbonyl (C=O) groups is 2. The SMILES string of the molecule is COCC1(C(=O)O)CCCN1C(=O)Cc1c(F)cccc1F. The van der Waals surface area contributed by atoms with Crippen molar-refractivity contribution in [2.75, 3.05) is 20.3 Å². The Bertz CT molecular complexity index is 573. The van der Waals surface area contributed by atoms with Crippen LogP contribution in [-0.2, 0) is 20.7 Å². The van der Waals surface area contributed by atoms with Crippen molar-refractivity contribution >= 4 is 11.9 Å². The number of halogens is 2. The Balaban J connectivity index is 2.26. The number of nitrogens with zero attached hydrogens (tertiary/aromatic N) is 1. The van der Waals surface area contributed by atoms with Gasteiger partial charge in [-0.05, 0) is 25.0 Å². The van der Waals surface area contributed by atoms with Crippen LogP contribution in [0.2, 0.25) is 0 Å². The molecule has 0 radical (unpaired) electrons. The van der Waals surface area contributed by atoms with Crippen molar-refractivity contribution in [1.82, 2.24) is 4.90 Å². The topological polar surface area (TPSA) is 66.8 Å². The molecule has 1 amide bonds. The van der Waals surface area contributed by atoms with E-state index in [4.69, 9.17) is 4.74 Å². The van der Waals surface area contributed by atoms with E-state index in [2.05, 4.69) is 0 Å². The second-order valence-corrected chi connectivity index (χ2v) is 5.30. The molecular formula is C15H17F2NO4. The van der Waals surface area contributed by atoms with Crippen LogP contribution in [0.25, 0.3) is 0 Å². The smallest absolute Gasteiger partial charge is 0.332 e. The van der Waals surface area contributed by atoms with Crippen LogP contribution in [0.1, 0.15) is 18.4 Å². The van der Waals surface area contributed by atoms with E-state index in [0.717, 1.165) is 17.0 Å². The first-order chi connectivity index (χ1) is 10.4. The average molecular weight is 313 g/mol. The van der Waals surface area contributed by atoms with Crippen molar-refractivity contribution in [2.45, 2.75) is 24.8 Å². The number of carboxylic acid groups (broad SMARTS) is 1. The van der Waals surface area contributed by atoms with Crippen molar-refractivity contribution in [1.29, 1.82) is 0 Å². The molecule has 1 N–H and O–H groups in total. The second kappa shape index (κ2) is 6.39. The van der Waals surface area contributed by atoms with Crippen molar-refractivity contribution < 1.29 is 28.2 Å². The Morgan fingerprint density at radius 3 is 2.55 bits per heavy atom. The predicted molar refractivity (Wildman–Crippen MR) is 73.3 cm³/mol. The fraction of sp³-hybridized carbons (Fsp3) is 0.467. The zero-order chi connectivity index (χ0) is 16.3. The van der Waals surface area contributed by atoms with E-state index < -0.39 is 35.5 Å².